The van der Waals surface area contributed by atoms with Crippen LogP contribution in [0.25, 0.3) is 0 Å². The largest absolute Gasteiger partial charge is 0.417 e. The van der Waals surface area contributed by atoms with E-state index in [1.54, 1.807) is 11.8 Å². The summed E-state index contributed by atoms with van der Waals surface area (Å²) in [6.07, 6.45) is -4.48. The van der Waals surface area contributed by atoms with Crippen molar-refractivity contribution < 1.29 is 18.0 Å². The summed E-state index contributed by atoms with van der Waals surface area (Å²) >= 11 is 3.10. The highest BCUT2D eigenvalue weighted by Crippen LogP contribution is 2.37. The van der Waals surface area contributed by atoms with Crippen LogP contribution in [0.4, 0.5) is 13.2 Å². The molecule has 104 valence electrons. The molecule has 2 rings (SSSR count). The number of rotatable bonds is 2. The molecule has 0 radical (unpaired) electrons. The van der Waals surface area contributed by atoms with E-state index in [1.165, 1.54) is 30.0 Å². The van der Waals surface area contributed by atoms with Crippen LogP contribution >= 0.6 is 23.5 Å². The molecular formula is C13H13F3OS2. The normalized spacial score (nSPS) is 24.2. The van der Waals surface area contributed by atoms with Gasteiger partial charge in [-0.1, -0.05) is 25.1 Å². The Labute approximate surface area is 118 Å². The first-order valence-corrected chi connectivity index (χ1v) is 7.94. The summed E-state index contributed by atoms with van der Waals surface area (Å²) in [5, 5.41) is -0.338. The molecule has 0 spiro atoms. The summed E-state index contributed by atoms with van der Waals surface area (Å²) in [6, 6.07) is 5.04. The Morgan fingerprint density at radius 1 is 1.21 bits per heavy atom. The smallest absolute Gasteiger partial charge is 0.293 e. The lowest BCUT2D eigenvalue weighted by Crippen LogP contribution is -2.32. The van der Waals surface area contributed by atoms with E-state index in [2.05, 4.69) is 0 Å². The number of carbonyl (C=O) groups excluding carboxylic acids is 1. The molecule has 1 fully saturated rings. The number of halogens is 3. The van der Waals surface area contributed by atoms with E-state index in [0.717, 1.165) is 17.6 Å². The molecule has 1 aliphatic rings. The van der Waals surface area contributed by atoms with Crippen LogP contribution in [0, 0.1) is 0 Å². The van der Waals surface area contributed by atoms with Crippen LogP contribution in [0.15, 0.2) is 24.3 Å². The molecule has 0 N–H and O–H groups in total. The SMILES string of the molecule is CC1SCCSC1C(=O)c1ccccc1C(F)(F)F. The summed E-state index contributed by atoms with van der Waals surface area (Å²) in [7, 11) is 0. The quantitative estimate of drug-likeness (QED) is 0.765. The summed E-state index contributed by atoms with van der Waals surface area (Å²) in [5.41, 5.74) is -1.04. The van der Waals surface area contributed by atoms with E-state index in [9.17, 15) is 18.0 Å². The minimum absolute atomic E-state index is 0.0486. The topological polar surface area (TPSA) is 17.1 Å². The van der Waals surface area contributed by atoms with Gasteiger partial charge in [0.25, 0.3) is 0 Å². The first kappa shape index (κ1) is 14.8. The fourth-order valence-electron chi connectivity index (χ4n) is 2.02. The molecule has 1 saturated heterocycles. The number of Topliss-reactive ketones (excluding diaryl/α,β-unsaturated/α-hetero) is 1. The van der Waals surface area contributed by atoms with Crippen LogP contribution in [0.2, 0.25) is 0 Å². The van der Waals surface area contributed by atoms with Crippen molar-refractivity contribution in [3.05, 3.63) is 35.4 Å². The van der Waals surface area contributed by atoms with Gasteiger partial charge in [-0.3, -0.25) is 4.79 Å². The van der Waals surface area contributed by atoms with Crippen molar-refractivity contribution in [1.82, 2.24) is 0 Å². The van der Waals surface area contributed by atoms with E-state index < -0.39 is 17.5 Å². The number of hydrogen-bond donors (Lipinski definition) is 0. The minimum Gasteiger partial charge on any atom is -0.293 e. The highest BCUT2D eigenvalue weighted by Gasteiger charge is 2.38. The second kappa shape index (κ2) is 5.79. The summed E-state index contributed by atoms with van der Waals surface area (Å²) < 4.78 is 38.7. The highest BCUT2D eigenvalue weighted by atomic mass is 32.2. The predicted molar refractivity (Wildman–Crippen MR) is 73.9 cm³/mol. The molecular weight excluding hydrogens is 293 g/mol. The number of ketones is 1. The Morgan fingerprint density at radius 2 is 1.84 bits per heavy atom. The van der Waals surface area contributed by atoms with Crippen molar-refractivity contribution in [3.63, 3.8) is 0 Å². The van der Waals surface area contributed by atoms with Crippen LogP contribution in [0.5, 0.6) is 0 Å². The van der Waals surface area contributed by atoms with E-state index in [1.807, 2.05) is 6.92 Å². The molecule has 6 heteroatoms. The number of thioether (sulfide) groups is 2. The standard InChI is InChI=1S/C13H13F3OS2/c1-8-12(19-7-6-18-8)11(17)9-4-2-3-5-10(9)13(14,15)16/h2-5,8,12H,6-7H2,1H3. The van der Waals surface area contributed by atoms with Crippen molar-refractivity contribution in [2.45, 2.75) is 23.6 Å². The van der Waals surface area contributed by atoms with Gasteiger partial charge in [0.05, 0.1) is 10.8 Å². The molecule has 0 aromatic heterocycles. The highest BCUT2D eigenvalue weighted by molar-refractivity contribution is 8.07. The van der Waals surface area contributed by atoms with Crippen LogP contribution in [0.3, 0.4) is 0 Å². The van der Waals surface area contributed by atoms with Gasteiger partial charge in [-0.2, -0.15) is 24.9 Å². The molecule has 1 aliphatic heterocycles. The van der Waals surface area contributed by atoms with Crippen molar-refractivity contribution in [3.8, 4) is 0 Å². The molecule has 1 nitrogen and oxygen atoms in total. The van der Waals surface area contributed by atoms with Gasteiger partial charge in [0.15, 0.2) is 5.78 Å². The van der Waals surface area contributed by atoms with Crippen molar-refractivity contribution in [2.75, 3.05) is 11.5 Å². The zero-order valence-electron chi connectivity index (χ0n) is 10.2. The number of alkyl halides is 3. The third-order valence-corrected chi connectivity index (χ3v) is 6.03. The van der Waals surface area contributed by atoms with Gasteiger partial charge in [0.1, 0.15) is 0 Å². The molecule has 0 saturated carbocycles. The Bertz CT molecular complexity index is 473. The Kier molecular flexibility index (Phi) is 4.50. The molecule has 1 aromatic carbocycles. The average Bonchev–Trinajstić information content (AvgIpc) is 2.37. The van der Waals surface area contributed by atoms with E-state index in [4.69, 9.17) is 0 Å². The molecule has 1 heterocycles. The van der Waals surface area contributed by atoms with Gasteiger partial charge in [-0.15, -0.1) is 11.8 Å². The van der Waals surface area contributed by atoms with Crippen molar-refractivity contribution >= 4 is 29.3 Å². The second-order valence-corrected chi connectivity index (χ2v) is 7.01. The summed E-state index contributed by atoms with van der Waals surface area (Å²) in [5.74, 6) is 1.34. The molecule has 1 aromatic rings. The third kappa shape index (κ3) is 3.28. The summed E-state index contributed by atoms with van der Waals surface area (Å²) in [4.78, 5) is 12.3. The van der Waals surface area contributed by atoms with Crippen LogP contribution < -0.4 is 0 Å². The average molecular weight is 306 g/mol. The van der Waals surface area contributed by atoms with Crippen molar-refractivity contribution in [2.24, 2.45) is 0 Å². The van der Waals surface area contributed by atoms with Crippen LogP contribution in [-0.2, 0) is 6.18 Å². The van der Waals surface area contributed by atoms with E-state index in [0.29, 0.717) is 0 Å². The molecule has 19 heavy (non-hydrogen) atoms. The lowest BCUT2D eigenvalue weighted by atomic mass is 10.00. The Balaban J connectivity index is 2.33. The maximum atomic E-state index is 12.9. The lowest BCUT2D eigenvalue weighted by molar-refractivity contribution is -0.137. The van der Waals surface area contributed by atoms with Gasteiger partial charge in [-0.25, -0.2) is 0 Å². The van der Waals surface area contributed by atoms with Gasteiger partial charge in [0.2, 0.25) is 0 Å². The molecule has 2 unspecified atom stereocenters. The van der Waals surface area contributed by atoms with Gasteiger partial charge >= 0.3 is 6.18 Å². The monoisotopic (exact) mass is 306 g/mol. The zero-order chi connectivity index (χ0) is 14.0. The van der Waals surface area contributed by atoms with E-state index in [-0.39, 0.29) is 16.1 Å². The Morgan fingerprint density at radius 3 is 2.47 bits per heavy atom. The summed E-state index contributed by atoms with van der Waals surface area (Å²) in [6.45, 7) is 1.90. The maximum Gasteiger partial charge on any atom is 0.417 e. The maximum absolute atomic E-state index is 12.9. The van der Waals surface area contributed by atoms with Gasteiger partial charge in [0, 0.05) is 22.3 Å². The Hall–Kier alpha value is -0.620. The zero-order valence-corrected chi connectivity index (χ0v) is 11.9. The molecule has 0 bridgehead atoms. The first-order valence-electron chi connectivity index (χ1n) is 5.85. The van der Waals surface area contributed by atoms with Crippen LogP contribution in [-0.4, -0.2) is 27.8 Å². The molecule has 0 amide bonds. The molecule has 0 aliphatic carbocycles. The number of benzene rings is 1. The third-order valence-electron chi connectivity index (χ3n) is 2.94. The van der Waals surface area contributed by atoms with Gasteiger partial charge < -0.3 is 0 Å². The fraction of sp³-hybridized carbons (Fsp3) is 0.462. The van der Waals surface area contributed by atoms with Crippen LogP contribution in [0.1, 0.15) is 22.8 Å². The predicted octanol–water partition coefficient (Wildman–Crippen LogP) is 4.13. The van der Waals surface area contributed by atoms with Gasteiger partial charge in [-0.05, 0) is 6.07 Å². The number of hydrogen-bond acceptors (Lipinski definition) is 3. The first-order chi connectivity index (χ1) is 8.91. The van der Waals surface area contributed by atoms with Crippen molar-refractivity contribution in [1.29, 1.82) is 0 Å². The second-order valence-electron chi connectivity index (χ2n) is 4.27. The number of carbonyl (C=O) groups is 1. The fourth-order valence-corrected chi connectivity index (χ4v) is 4.73. The molecule has 2 atom stereocenters. The minimum atomic E-state index is -4.48. The lowest BCUT2D eigenvalue weighted by Gasteiger charge is -2.27. The van der Waals surface area contributed by atoms with E-state index >= 15 is 0 Å².